The van der Waals surface area contributed by atoms with E-state index in [1.165, 1.54) is 5.56 Å². The van der Waals surface area contributed by atoms with E-state index in [-0.39, 0.29) is 17.7 Å². The third-order valence-corrected chi connectivity index (χ3v) is 3.36. The molecule has 0 aliphatic carbocycles. The van der Waals surface area contributed by atoms with Crippen molar-refractivity contribution in [1.29, 1.82) is 0 Å². The van der Waals surface area contributed by atoms with Gasteiger partial charge in [-0.25, -0.2) is 0 Å². The Labute approximate surface area is 111 Å². The molecule has 2 N–H and O–H groups in total. The molecule has 1 rings (SSSR count). The van der Waals surface area contributed by atoms with Crippen LogP contribution in [-0.4, -0.2) is 11.8 Å². The molecule has 0 fully saturated rings. The van der Waals surface area contributed by atoms with E-state index in [0.29, 0.717) is 0 Å². The van der Waals surface area contributed by atoms with Gasteiger partial charge in [-0.3, -0.25) is 4.79 Å². The van der Waals surface area contributed by atoms with Crippen molar-refractivity contribution in [2.24, 2.45) is 11.7 Å². The molecular formula is C16H25NO. The second-order valence-electron chi connectivity index (χ2n) is 5.23. The number of Topliss-reactive ketones (excluding diaryl/α,β-unsaturated/α-hetero) is 1. The van der Waals surface area contributed by atoms with Crippen molar-refractivity contribution in [3.8, 4) is 0 Å². The van der Waals surface area contributed by atoms with Gasteiger partial charge in [-0.1, -0.05) is 38.5 Å². The monoisotopic (exact) mass is 247 g/mol. The van der Waals surface area contributed by atoms with Crippen LogP contribution in [0.1, 0.15) is 56.0 Å². The summed E-state index contributed by atoms with van der Waals surface area (Å²) in [7, 11) is 0. The van der Waals surface area contributed by atoms with Gasteiger partial charge in [-0.2, -0.15) is 0 Å². The van der Waals surface area contributed by atoms with E-state index in [1.54, 1.807) is 0 Å². The lowest BCUT2D eigenvalue weighted by atomic mass is 9.92. The van der Waals surface area contributed by atoms with Crippen LogP contribution in [0.4, 0.5) is 0 Å². The topological polar surface area (TPSA) is 43.1 Å². The van der Waals surface area contributed by atoms with Crippen molar-refractivity contribution in [3.05, 3.63) is 35.4 Å². The van der Waals surface area contributed by atoms with Gasteiger partial charge >= 0.3 is 0 Å². The standard InChI is InChI=1S/C16H25NO/c1-4-14-9-6-10-15(11-14)16(18)12(2)7-5-8-13(3)17/h6,9-13H,4-5,7-8,17H2,1-3H3. The number of ketones is 1. The summed E-state index contributed by atoms with van der Waals surface area (Å²) >= 11 is 0. The van der Waals surface area contributed by atoms with Gasteiger partial charge in [0.15, 0.2) is 5.78 Å². The minimum Gasteiger partial charge on any atom is -0.328 e. The summed E-state index contributed by atoms with van der Waals surface area (Å²) in [6, 6.07) is 8.21. The number of nitrogens with two attached hydrogens (primary N) is 1. The molecule has 0 aliphatic heterocycles. The van der Waals surface area contributed by atoms with Gasteiger partial charge in [-0.05, 0) is 37.8 Å². The van der Waals surface area contributed by atoms with Gasteiger partial charge in [0.05, 0.1) is 0 Å². The average Bonchev–Trinajstić information content (AvgIpc) is 2.37. The maximum Gasteiger partial charge on any atom is 0.165 e. The van der Waals surface area contributed by atoms with Crippen molar-refractivity contribution >= 4 is 5.78 Å². The summed E-state index contributed by atoms with van der Waals surface area (Å²) in [5.74, 6) is 0.353. The molecule has 1 aromatic carbocycles. The summed E-state index contributed by atoms with van der Waals surface area (Å²) < 4.78 is 0. The normalized spacial score (nSPS) is 14.2. The van der Waals surface area contributed by atoms with Crippen LogP contribution < -0.4 is 5.73 Å². The van der Waals surface area contributed by atoms with E-state index in [9.17, 15) is 4.79 Å². The minimum absolute atomic E-state index is 0.0934. The van der Waals surface area contributed by atoms with E-state index < -0.39 is 0 Å². The van der Waals surface area contributed by atoms with Gasteiger partial charge in [-0.15, -0.1) is 0 Å². The van der Waals surface area contributed by atoms with Crippen molar-refractivity contribution in [3.63, 3.8) is 0 Å². The van der Waals surface area contributed by atoms with Crippen molar-refractivity contribution < 1.29 is 4.79 Å². The fourth-order valence-electron chi connectivity index (χ4n) is 2.11. The second kappa shape index (κ2) is 7.32. The first-order valence-electron chi connectivity index (χ1n) is 6.93. The molecular weight excluding hydrogens is 222 g/mol. The van der Waals surface area contributed by atoms with Crippen molar-refractivity contribution in [2.75, 3.05) is 0 Å². The van der Waals surface area contributed by atoms with Crippen LogP contribution in [-0.2, 0) is 6.42 Å². The Kier molecular flexibility index (Phi) is 6.06. The van der Waals surface area contributed by atoms with E-state index in [1.807, 2.05) is 32.0 Å². The number of carbonyl (C=O) groups excluding carboxylic acids is 1. The zero-order chi connectivity index (χ0) is 13.5. The fourth-order valence-corrected chi connectivity index (χ4v) is 2.11. The third-order valence-electron chi connectivity index (χ3n) is 3.36. The van der Waals surface area contributed by atoms with Crippen LogP contribution >= 0.6 is 0 Å². The van der Waals surface area contributed by atoms with Crippen LogP contribution in [0.5, 0.6) is 0 Å². The van der Waals surface area contributed by atoms with Gasteiger partial charge in [0.2, 0.25) is 0 Å². The summed E-state index contributed by atoms with van der Waals surface area (Å²) in [6.07, 6.45) is 3.92. The summed E-state index contributed by atoms with van der Waals surface area (Å²) in [4.78, 5) is 12.3. The van der Waals surface area contributed by atoms with E-state index in [0.717, 1.165) is 31.2 Å². The minimum atomic E-state index is 0.0934. The Bertz CT molecular complexity index is 384. The Morgan fingerprint density at radius 1 is 1.28 bits per heavy atom. The summed E-state index contributed by atoms with van der Waals surface area (Å²) in [5.41, 5.74) is 7.79. The highest BCUT2D eigenvalue weighted by Gasteiger charge is 2.15. The number of carbonyl (C=O) groups is 1. The summed E-state index contributed by atoms with van der Waals surface area (Å²) in [6.45, 7) is 6.13. The Morgan fingerprint density at radius 3 is 2.61 bits per heavy atom. The Hall–Kier alpha value is -1.15. The highest BCUT2D eigenvalue weighted by molar-refractivity contribution is 5.97. The average molecular weight is 247 g/mol. The first kappa shape index (κ1) is 14.9. The predicted octanol–water partition coefficient (Wildman–Crippen LogP) is 3.59. The first-order chi connectivity index (χ1) is 8.54. The lowest BCUT2D eigenvalue weighted by Gasteiger charge is -2.12. The molecule has 0 radical (unpaired) electrons. The van der Waals surface area contributed by atoms with Crippen LogP contribution in [0, 0.1) is 5.92 Å². The van der Waals surface area contributed by atoms with E-state index in [4.69, 9.17) is 5.73 Å². The molecule has 0 saturated heterocycles. The third kappa shape index (κ3) is 4.61. The number of aryl methyl sites for hydroxylation is 1. The fraction of sp³-hybridized carbons (Fsp3) is 0.562. The quantitative estimate of drug-likeness (QED) is 0.748. The number of hydrogen-bond acceptors (Lipinski definition) is 2. The SMILES string of the molecule is CCc1cccc(C(=O)C(C)CCCC(C)N)c1. The maximum absolute atomic E-state index is 12.3. The molecule has 18 heavy (non-hydrogen) atoms. The summed E-state index contributed by atoms with van der Waals surface area (Å²) in [5, 5.41) is 0. The molecule has 2 nitrogen and oxygen atoms in total. The first-order valence-corrected chi connectivity index (χ1v) is 6.93. The van der Waals surface area contributed by atoms with Crippen molar-refractivity contribution in [2.45, 2.75) is 52.5 Å². The largest absolute Gasteiger partial charge is 0.328 e. The molecule has 2 unspecified atom stereocenters. The molecule has 2 heteroatoms. The molecule has 0 saturated carbocycles. The van der Waals surface area contributed by atoms with Crippen LogP contribution in [0.3, 0.4) is 0 Å². The predicted molar refractivity (Wildman–Crippen MR) is 76.8 cm³/mol. The highest BCUT2D eigenvalue weighted by Crippen LogP contribution is 2.16. The molecule has 100 valence electrons. The molecule has 1 aromatic rings. The molecule has 0 heterocycles. The highest BCUT2D eigenvalue weighted by atomic mass is 16.1. The molecule has 2 atom stereocenters. The second-order valence-corrected chi connectivity index (χ2v) is 5.23. The van der Waals surface area contributed by atoms with E-state index in [2.05, 4.69) is 13.0 Å². The Morgan fingerprint density at radius 2 is 2.00 bits per heavy atom. The zero-order valence-corrected chi connectivity index (χ0v) is 11.8. The smallest absolute Gasteiger partial charge is 0.165 e. The number of hydrogen-bond donors (Lipinski definition) is 1. The van der Waals surface area contributed by atoms with Crippen LogP contribution in [0.15, 0.2) is 24.3 Å². The molecule has 0 aromatic heterocycles. The molecule has 0 spiro atoms. The lowest BCUT2D eigenvalue weighted by molar-refractivity contribution is 0.0922. The number of rotatable bonds is 7. The molecule has 0 amide bonds. The maximum atomic E-state index is 12.3. The zero-order valence-electron chi connectivity index (χ0n) is 11.8. The lowest BCUT2D eigenvalue weighted by Crippen LogP contribution is -2.16. The molecule has 0 aliphatic rings. The van der Waals surface area contributed by atoms with Gasteiger partial charge in [0, 0.05) is 17.5 Å². The number of benzene rings is 1. The van der Waals surface area contributed by atoms with Crippen LogP contribution in [0.2, 0.25) is 0 Å². The Balaban J connectivity index is 2.56. The van der Waals surface area contributed by atoms with Crippen molar-refractivity contribution in [1.82, 2.24) is 0 Å². The van der Waals surface area contributed by atoms with Crippen LogP contribution in [0.25, 0.3) is 0 Å². The van der Waals surface area contributed by atoms with Gasteiger partial charge in [0.25, 0.3) is 0 Å². The van der Waals surface area contributed by atoms with Gasteiger partial charge in [0.1, 0.15) is 0 Å². The van der Waals surface area contributed by atoms with E-state index >= 15 is 0 Å². The van der Waals surface area contributed by atoms with Gasteiger partial charge < -0.3 is 5.73 Å². The molecule has 0 bridgehead atoms.